The number of hydrogen-bond donors (Lipinski definition) is 2. The molecule has 0 radical (unpaired) electrons. The molecule has 0 aliphatic carbocycles. The van der Waals surface area contributed by atoms with Crippen molar-refractivity contribution in [3.05, 3.63) is 42.5 Å². The zero-order valence-corrected chi connectivity index (χ0v) is 17.5. The minimum Gasteiger partial charge on any atom is -0.404 e. The maximum absolute atomic E-state index is 15.1. The predicted molar refractivity (Wildman–Crippen MR) is 105 cm³/mol. The Morgan fingerprint density at radius 1 is 1.33 bits per heavy atom. The van der Waals surface area contributed by atoms with E-state index < -0.39 is 45.0 Å². The van der Waals surface area contributed by atoms with E-state index in [0.717, 1.165) is 17.2 Å². The number of aromatic nitrogens is 4. The number of nitrogens with two attached hydrogens (primary N) is 1. The number of halogens is 3. The first-order chi connectivity index (χ1) is 15.7. The Hall–Kier alpha value is -2.77. The fourth-order valence-corrected chi connectivity index (χ4v) is 4.93. The Labute approximate surface area is 183 Å². The Bertz CT molecular complexity index is 1250. The van der Waals surface area contributed by atoms with Gasteiger partial charge in [0.15, 0.2) is 29.5 Å². The largest absolute Gasteiger partial charge is 0.530 e. The van der Waals surface area contributed by atoms with Gasteiger partial charge in [-0.05, 0) is 6.07 Å². The number of nitrogen functional groups attached to an aromatic ring is 1. The van der Waals surface area contributed by atoms with Gasteiger partial charge < -0.3 is 20.1 Å². The molecular formula is C18H17F3N5O6P. The Morgan fingerprint density at radius 2 is 2.12 bits per heavy atom. The molecule has 15 heteroatoms. The number of benzene rings is 1. The van der Waals surface area contributed by atoms with E-state index in [1.807, 2.05) is 0 Å². The third kappa shape index (κ3) is 3.54. The molecule has 1 saturated heterocycles. The number of phosphoric acid groups is 1. The lowest BCUT2D eigenvalue weighted by Crippen LogP contribution is -2.50. The van der Waals surface area contributed by atoms with Crippen molar-refractivity contribution in [1.82, 2.24) is 19.5 Å². The molecule has 0 amide bonds. The van der Waals surface area contributed by atoms with E-state index >= 15 is 4.39 Å². The molecule has 3 N–H and O–H groups in total. The number of aliphatic hydroxyl groups excluding tert-OH is 1. The van der Waals surface area contributed by atoms with Gasteiger partial charge in [0.05, 0.1) is 19.5 Å². The van der Waals surface area contributed by atoms with E-state index in [1.54, 1.807) is 18.2 Å². The van der Waals surface area contributed by atoms with Crippen molar-refractivity contribution < 1.29 is 41.2 Å². The summed E-state index contributed by atoms with van der Waals surface area (Å²) in [5.41, 5.74) is 3.44. The number of fused-ring (bicyclic) bond motifs is 2. The third-order valence-corrected chi connectivity index (χ3v) is 6.75. The minimum atomic E-state index is -4.37. The van der Waals surface area contributed by atoms with E-state index in [2.05, 4.69) is 15.0 Å². The number of imidazole rings is 1. The van der Waals surface area contributed by atoms with Gasteiger partial charge in [0.2, 0.25) is 0 Å². The number of nitrogens with zero attached hydrogens (tertiary/aromatic N) is 4. The lowest BCUT2D eigenvalue weighted by molar-refractivity contribution is -0.183. The molecular weight excluding hydrogens is 470 g/mol. The van der Waals surface area contributed by atoms with Crippen LogP contribution in [0.25, 0.3) is 11.2 Å². The second-order valence-electron chi connectivity index (χ2n) is 7.43. The van der Waals surface area contributed by atoms with Crippen molar-refractivity contribution in [3.63, 3.8) is 0 Å². The topological polar surface area (TPSA) is 144 Å². The lowest BCUT2D eigenvalue weighted by Gasteiger charge is -2.32. The van der Waals surface area contributed by atoms with Crippen molar-refractivity contribution >= 4 is 24.8 Å². The van der Waals surface area contributed by atoms with Gasteiger partial charge in [-0.1, -0.05) is 18.2 Å². The number of phosphoric ester groups is 1. The van der Waals surface area contributed by atoms with Crippen molar-refractivity contribution in [1.29, 1.82) is 0 Å². The van der Waals surface area contributed by atoms with Crippen LogP contribution in [0.1, 0.15) is 11.8 Å². The van der Waals surface area contributed by atoms with Crippen LogP contribution in [0, 0.1) is 0 Å². The maximum Gasteiger partial charge on any atom is 0.530 e. The fourth-order valence-electron chi connectivity index (χ4n) is 3.67. The van der Waals surface area contributed by atoms with Crippen LogP contribution < -0.4 is 10.3 Å². The first kappa shape index (κ1) is 22.0. The summed E-state index contributed by atoms with van der Waals surface area (Å²) in [5, 5.41) is 10.4. The molecule has 0 saturated carbocycles. The molecule has 5 atom stereocenters. The van der Waals surface area contributed by atoms with E-state index in [4.69, 9.17) is 24.0 Å². The minimum absolute atomic E-state index is 0.00327. The van der Waals surface area contributed by atoms with Crippen LogP contribution >= 0.6 is 7.82 Å². The summed E-state index contributed by atoms with van der Waals surface area (Å²) in [7, 11) is -4.37. The molecule has 0 spiro atoms. The third-order valence-electron chi connectivity index (χ3n) is 5.44. The van der Waals surface area contributed by atoms with Gasteiger partial charge in [0.1, 0.15) is 23.7 Å². The van der Waals surface area contributed by atoms with Crippen molar-refractivity contribution in [2.24, 2.45) is 0 Å². The quantitative estimate of drug-likeness (QED) is 0.515. The smallest absolute Gasteiger partial charge is 0.404 e. The number of aliphatic hydroxyl groups is 1. The van der Waals surface area contributed by atoms with Gasteiger partial charge in [0, 0.05) is 5.56 Å². The summed E-state index contributed by atoms with van der Waals surface area (Å²) in [6, 6.07) is 6.47. The standard InChI is InChI=1S/C18H17F3N5O6P/c19-13-12(27)16(26-8-25-11-14(22)23-7-24-15(11)26)31-18(13,17(20)21)6-30-33(28)29-5-9-3-1-2-4-10(9)32-33/h1-4,7-8,12-13,16-17,27H,5-6H2,(H2,22,23,24). The van der Waals surface area contributed by atoms with E-state index in [-0.39, 0.29) is 29.3 Å². The summed E-state index contributed by atoms with van der Waals surface area (Å²) >= 11 is 0. The second kappa shape index (κ2) is 7.92. The number of hydrogen-bond acceptors (Lipinski definition) is 10. The summed E-state index contributed by atoms with van der Waals surface area (Å²) in [5.74, 6) is 0.179. The van der Waals surface area contributed by atoms with Crippen LogP contribution in [-0.4, -0.2) is 55.5 Å². The highest BCUT2D eigenvalue weighted by Crippen LogP contribution is 2.56. The summed E-state index contributed by atoms with van der Waals surface area (Å²) in [6.07, 6.45) is -7.65. The lowest BCUT2D eigenvalue weighted by atomic mass is 9.98. The maximum atomic E-state index is 15.1. The number of anilines is 1. The summed E-state index contributed by atoms with van der Waals surface area (Å²) < 4.78 is 78.0. The molecule has 2 aliphatic rings. The normalized spacial score (nSPS) is 31.6. The second-order valence-corrected chi connectivity index (χ2v) is 9.03. The highest BCUT2D eigenvalue weighted by molar-refractivity contribution is 7.49. The SMILES string of the molecule is Nc1ncnc2c1ncn2C1OC(COP2(=O)OCc3ccccc3O2)(C(F)F)C(F)C1O. The number of ether oxygens (including phenoxy) is 1. The van der Waals surface area contributed by atoms with Crippen LogP contribution in [0.4, 0.5) is 19.0 Å². The van der Waals surface area contributed by atoms with Crippen LogP contribution in [0.2, 0.25) is 0 Å². The van der Waals surface area contributed by atoms with E-state index in [9.17, 15) is 18.5 Å². The molecule has 11 nitrogen and oxygen atoms in total. The zero-order chi connectivity index (χ0) is 23.4. The van der Waals surface area contributed by atoms with Gasteiger partial charge in [-0.3, -0.25) is 13.6 Å². The zero-order valence-electron chi connectivity index (χ0n) is 16.6. The average Bonchev–Trinajstić information content (AvgIpc) is 3.33. The van der Waals surface area contributed by atoms with Gasteiger partial charge in [-0.25, -0.2) is 32.7 Å². The molecule has 2 aromatic heterocycles. The van der Waals surface area contributed by atoms with Gasteiger partial charge in [-0.2, -0.15) is 0 Å². The molecule has 1 aromatic carbocycles. The highest BCUT2D eigenvalue weighted by Gasteiger charge is 2.63. The molecule has 33 heavy (non-hydrogen) atoms. The highest BCUT2D eigenvalue weighted by atomic mass is 31.2. The Kier molecular flexibility index (Phi) is 5.29. The van der Waals surface area contributed by atoms with Crippen molar-refractivity contribution in [2.75, 3.05) is 12.3 Å². The monoisotopic (exact) mass is 487 g/mol. The summed E-state index contributed by atoms with van der Waals surface area (Å²) in [4.78, 5) is 11.7. The Balaban J connectivity index is 1.42. The first-order valence-electron chi connectivity index (χ1n) is 9.62. The molecule has 4 heterocycles. The predicted octanol–water partition coefficient (Wildman–Crippen LogP) is 2.37. The van der Waals surface area contributed by atoms with Gasteiger partial charge in [0.25, 0.3) is 6.43 Å². The van der Waals surface area contributed by atoms with Gasteiger partial charge >= 0.3 is 7.82 Å². The molecule has 5 rings (SSSR count). The Morgan fingerprint density at radius 3 is 2.91 bits per heavy atom. The molecule has 5 unspecified atom stereocenters. The molecule has 1 fully saturated rings. The molecule has 3 aromatic rings. The van der Waals surface area contributed by atoms with Crippen molar-refractivity contribution in [3.8, 4) is 5.75 Å². The summed E-state index contributed by atoms with van der Waals surface area (Å²) in [6.45, 7) is -1.40. The van der Waals surface area contributed by atoms with E-state index in [1.165, 1.54) is 6.07 Å². The first-order valence-corrected chi connectivity index (χ1v) is 11.1. The van der Waals surface area contributed by atoms with Crippen LogP contribution in [0.3, 0.4) is 0 Å². The fraction of sp³-hybridized carbons (Fsp3) is 0.389. The van der Waals surface area contributed by atoms with Crippen LogP contribution in [0.15, 0.2) is 36.9 Å². The van der Waals surface area contributed by atoms with Crippen molar-refractivity contribution in [2.45, 2.75) is 37.1 Å². The van der Waals surface area contributed by atoms with Crippen LogP contribution in [-0.2, 0) is 25.0 Å². The number of alkyl halides is 3. The molecule has 176 valence electrons. The average molecular weight is 487 g/mol. The number of rotatable bonds is 5. The van der Waals surface area contributed by atoms with Gasteiger partial charge in [-0.15, -0.1) is 0 Å². The van der Waals surface area contributed by atoms with E-state index in [0.29, 0.717) is 5.56 Å². The molecule has 0 bridgehead atoms. The van der Waals surface area contributed by atoms with Crippen LogP contribution in [0.5, 0.6) is 5.75 Å². The molecule has 2 aliphatic heterocycles. The number of para-hydroxylation sites is 1.